The molecule has 1 saturated heterocycles. The summed E-state index contributed by atoms with van der Waals surface area (Å²) in [7, 11) is 3.19. The minimum absolute atomic E-state index is 0.0533. The average molecular weight is 562 g/mol. The average Bonchev–Trinajstić information content (AvgIpc) is 3.75. The Kier molecular flexibility index (Phi) is 10.00. The van der Waals surface area contributed by atoms with Gasteiger partial charge in [0.1, 0.15) is 11.6 Å². The lowest BCUT2D eigenvalue weighted by molar-refractivity contribution is -0.121. The van der Waals surface area contributed by atoms with Crippen LogP contribution in [0, 0.1) is 11.7 Å². The van der Waals surface area contributed by atoms with Crippen LogP contribution in [-0.2, 0) is 16.9 Å². The van der Waals surface area contributed by atoms with Crippen LogP contribution in [0.2, 0.25) is 0 Å². The summed E-state index contributed by atoms with van der Waals surface area (Å²) in [5.41, 5.74) is 3.18. The summed E-state index contributed by atoms with van der Waals surface area (Å²) < 4.78 is 17.8. The zero-order chi connectivity index (χ0) is 29.4. The molecule has 7 nitrogen and oxygen atoms in total. The number of hydrogen-bond donors (Lipinski definition) is 2. The van der Waals surface area contributed by atoms with Gasteiger partial charge in [-0.05, 0) is 72.1 Å². The molecule has 2 fully saturated rings. The summed E-state index contributed by atoms with van der Waals surface area (Å²) in [6, 6.07) is 24.7. The second kappa shape index (κ2) is 13.6. The van der Waals surface area contributed by atoms with E-state index < -0.39 is 6.09 Å². The molecule has 1 aliphatic heterocycles. The number of amides is 2. The summed E-state index contributed by atoms with van der Waals surface area (Å²) in [4.78, 5) is 26.0. The highest BCUT2D eigenvalue weighted by atomic mass is 19.1. The van der Waals surface area contributed by atoms with Crippen LogP contribution < -0.4 is 10.1 Å². The van der Waals surface area contributed by atoms with Gasteiger partial charge >= 0.3 is 6.09 Å². The number of likely N-dealkylation sites (tertiary alicyclic amines) is 1. The van der Waals surface area contributed by atoms with Crippen molar-refractivity contribution in [3.63, 3.8) is 0 Å². The summed E-state index contributed by atoms with van der Waals surface area (Å²) >= 11 is 0. The number of halogens is 1. The quantitative estimate of drug-likeness (QED) is 0.360. The fourth-order valence-electron chi connectivity index (χ4n) is 5.69. The van der Waals surface area contributed by atoms with Crippen molar-refractivity contribution in [3.05, 3.63) is 101 Å². The van der Waals surface area contributed by atoms with Crippen molar-refractivity contribution in [3.8, 4) is 5.75 Å². The number of nitrogens with one attached hydrogen (secondary N) is 1. The fraction of sp³-hybridized carbons (Fsp3) is 0.394. The normalized spacial score (nSPS) is 19.3. The molecule has 2 atom stereocenters. The highest BCUT2D eigenvalue weighted by Crippen LogP contribution is 2.49. The number of rotatable bonds is 8. The SMILES string of the molecule is CN(Cc1ccc(F)cc1)C(=O)O.COc1cccc([C@H]2C[C@H]2CN2CCC(NC(C)=O)(c3ccccc3)CC2)c1. The molecule has 218 valence electrons. The van der Waals surface area contributed by atoms with Crippen molar-refractivity contribution in [2.75, 3.05) is 33.8 Å². The minimum Gasteiger partial charge on any atom is -0.497 e. The van der Waals surface area contributed by atoms with Crippen LogP contribution in [0.15, 0.2) is 78.9 Å². The van der Waals surface area contributed by atoms with Crippen molar-refractivity contribution < 1.29 is 23.8 Å². The first-order valence-electron chi connectivity index (χ1n) is 14.1. The summed E-state index contributed by atoms with van der Waals surface area (Å²) in [6.07, 6.45) is 2.20. The van der Waals surface area contributed by atoms with Crippen LogP contribution in [-0.4, -0.2) is 60.7 Å². The third-order valence-electron chi connectivity index (χ3n) is 8.05. The standard InChI is InChI=1S/C24H30N2O2.C9H10FNO2/c1-18(27)25-24(21-8-4-3-5-9-21)11-13-26(14-12-24)17-20-16-23(20)19-7-6-10-22(15-19)28-2;1-11(9(12)13)6-7-2-4-8(10)5-3-7/h3-10,15,20,23H,11-14,16-17H2,1-2H3,(H,25,27);2-5H,6H2,1H3,(H,12,13)/t20-,23+;/m0./s1. The number of carboxylic acid groups (broad SMARTS) is 1. The van der Waals surface area contributed by atoms with Crippen LogP contribution in [0.25, 0.3) is 0 Å². The molecule has 3 aromatic rings. The number of piperidine rings is 1. The maximum atomic E-state index is 12.5. The van der Waals surface area contributed by atoms with Crippen molar-refractivity contribution in [2.24, 2.45) is 5.92 Å². The van der Waals surface area contributed by atoms with E-state index in [2.05, 4.69) is 52.7 Å². The van der Waals surface area contributed by atoms with Crippen LogP contribution in [0.4, 0.5) is 9.18 Å². The predicted octanol–water partition coefficient (Wildman–Crippen LogP) is 5.86. The third-order valence-corrected chi connectivity index (χ3v) is 8.05. The lowest BCUT2D eigenvalue weighted by Crippen LogP contribution is -2.52. The summed E-state index contributed by atoms with van der Waals surface area (Å²) in [6.45, 7) is 5.09. The minimum atomic E-state index is -0.996. The lowest BCUT2D eigenvalue weighted by Gasteiger charge is -2.43. The van der Waals surface area contributed by atoms with Gasteiger partial charge in [-0.3, -0.25) is 4.79 Å². The third kappa shape index (κ3) is 8.30. The Labute approximate surface area is 241 Å². The number of hydrogen-bond acceptors (Lipinski definition) is 4. The smallest absolute Gasteiger partial charge is 0.407 e. The maximum Gasteiger partial charge on any atom is 0.407 e. The van der Waals surface area contributed by atoms with Crippen molar-refractivity contribution in [1.29, 1.82) is 0 Å². The van der Waals surface area contributed by atoms with Crippen molar-refractivity contribution >= 4 is 12.0 Å². The molecular weight excluding hydrogens is 521 g/mol. The zero-order valence-corrected chi connectivity index (χ0v) is 24.1. The van der Waals surface area contributed by atoms with E-state index in [1.54, 1.807) is 26.2 Å². The molecule has 2 amide bonds. The Morgan fingerprint density at radius 3 is 2.34 bits per heavy atom. The van der Waals surface area contributed by atoms with Gasteiger partial charge in [-0.2, -0.15) is 0 Å². The molecule has 5 rings (SSSR count). The van der Waals surface area contributed by atoms with Gasteiger partial charge in [0.25, 0.3) is 0 Å². The molecule has 1 aliphatic carbocycles. The molecule has 3 aromatic carbocycles. The molecule has 2 N–H and O–H groups in total. The number of nitrogens with zero attached hydrogens (tertiary/aromatic N) is 2. The van der Waals surface area contributed by atoms with E-state index in [0.29, 0.717) is 5.92 Å². The molecule has 8 heteroatoms. The van der Waals surface area contributed by atoms with E-state index in [9.17, 15) is 14.0 Å². The van der Waals surface area contributed by atoms with Gasteiger partial charge in [-0.1, -0.05) is 54.6 Å². The number of methoxy groups -OCH3 is 1. The molecule has 1 heterocycles. The van der Waals surface area contributed by atoms with Crippen LogP contribution >= 0.6 is 0 Å². The largest absolute Gasteiger partial charge is 0.497 e. The molecule has 0 aromatic heterocycles. The lowest BCUT2D eigenvalue weighted by atomic mass is 9.80. The maximum absolute atomic E-state index is 12.5. The van der Waals surface area contributed by atoms with E-state index in [0.717, 1.165) is 54.6 Å². The first kappa shape index (κ1) is 30.1. The Balaban J connectivity index is 0.000000251. The van der Waals surface area contributed by atoms with Gasteiger partial charge in [0.2, 0.25) is 5.91 Å². The monoisotopic (exact) mass is 561 g/mol. The van der Waals surface area contributed by atoms with Crippen LogP contribution in [0.5, 0.6) is 5.75 Å². The molecule has 41 heavy (non-hydrogen) atoms. The second-order valence-electron chi connectivity index (χ2n) is 11.1. The Morgan fingerprint density at radius 1 is 1.05 bits per heavy atom. The van der Waals surface area contributed by atoms with Crippen LogP contribution in [0.1, 0.15) is 48.8 Å². The van der Waals surface area contributed by atoms with Gasteiger partial charge in [-0.15, -0.1) is 0 Å². The van der Waals surface area contributed by atoms with E-state index in [1.807, 2.05) is 12.1 Å². The van der Waals surface area contributed by atoms with E-state index in [4.69, 9.17) is 9.84 Å². The predicted molar refractivity (Wildman–Crippen MR) is 157 cm³/mol. The van der Waals surface area contributed by atoms with Gasteiger partial charge in [0.15, 0.2) is 0 Å². The molecule has 0 radical (unpaired) electrons. The Hall–Kier alpha value is -3.91. The van der Waals surface area contributed by atoms with Crippen molar-refractivity contribution in [1.82, 2.24) is 15.1 Å². The molecule has 0 unspecified atom stereocenters. The highest BCUT2D eigenvalue weighted by molar-refractivity contribution is 5.74. The topological polar surface area (TPSA) is 82.1 Å². The van der Waals surface area contributed by atoms with E-state index >= 15 is 0 Å². The zero-order valence-electron chi connectivity index (χ0n) is 24.1. The Bertz CT molecular complexity index is 1290. The number of benzene rings is 3. The van der Waals surface area contributed by atoms with Gasteiger partial charge in [0, 0.05) is 40.2 Å². The summed E-state index contributed by atoms with van der Waals surface area (Å²) in [5, 5.41) is 11.8. The highest BCUT2D eigenvalue weighted by Gasteiger charge is 2.42. The first-order valence-corrected chi connectivity index (χ1v) is 14.1. The first-order chi connectivity index (χ1) is 19.7. The number of carbonyl (C=O) groups excluding carboxylic acids is 1. The van der Waals surface area contributed by atoms with E-state index in [-0.39, 0.29) is 23.8 Å². The summed E-state index contributed by atoms with van der Waals surface area (Å²) in [5.74, 6) is 2.08. The molecule has 1 saturated carbocycles. The molecule has 0 spiro atoms. The van der Waals surface area contributed by atoms with Crippen molar-refractivity contribution in [2.45, 2.75) is 44.2 Å². The van der Waals surface area contributed by atoms with Gasteiger partial charge in [-0.25, -0.2) is 9.18 Å². The molecule has 2 aliphatic rings. The van der Waals surface area contributed by atoms with Gasteiger partial charge < -0.3 is 25.0 Å². The second-order valence-corrected chi connectivity index (χ2v) is 11.1. The fourth-order valence-corrected chi connectivity index (χ4v) is 5.69. The Morgan fingerprint density at radius 2 is 1.73 bits per heavy atom. The molecule has 0 bridgehead atoms. The van der Waals surface area contributed by atoms with Gasteiger partial charge in [0.05, 0.1) is 12.6 Å². The number of ether oxygens (including phenoxy) is 1. The number of carbonyl (C=O) groups is 2. The van der Waals surface area contributed by atoms with E-state index in [1.165, 1.54) is 36.7 Å². The van der Waals surface area contributed by atoms with Crippen LogP contribution in [0.3, 0.4) is 0 Å². The molecular formula is C33H40FN3O4.